The van der Waals surface area contributed by atoms with Crippen molar-refractivity contribution in [2.45, 2.75) is 378 Å². The number of aliphatic hydroxyl groups is 5. The standard InChI is InChI=1S/C79H139NO10/c1-4-7-10-13-16-19-22-25-27-29-31-33-35-36-37-39-40-42-44-46-48-51-54-57-60-63-66-72(83)78(87)80-70(71(82)65-62-59-56-53-50-24-21-18-15-12-9-6-3)69-88-79-77(76(86)75(85)73(68-81)89-79)90-74(84)67-64-61-58-55-52-49-47-45-43-41-38-34-32-30-28-26-23-20-17-14-11-8-5-2/h8,11,17,20,25-28,32,34,41,43,47,49,62,65,70-73,75-77,79,81-83,85-86H,4-7,9-10,12-16,18-19,21-24,29-31,33,35-40,42,44-46,48,50-61,63-64,66-69H2,1-3H3,(H,80,87)/b11-8-,20-17-,27-25+,28-26-,34-32-,43-41-,49-47-,65-62+. The third-order valence-electron chi connectivity index (χ3n) is 17.2. The van der Waals surface area contributed by atoms with Gasteiger partial charge in [0.2, 0.25) is 5.91 Å². The van der Waals surface area contributed by atoms with Crippen molar-refractivity contribution in [1.29, 1.82) is 0 Å². The summed E-state index contributed by atoms with van der Waals surface area (Å²) >= 11 is 0. The molecule has 1 aliphatic heterocycles. The molecule has 11 heteroatoms. The van der Waals surface area contributed by atoms with Crippen LogP contribution in [-0.4, -0.2) is 99.6 Å². The number of esters is 1. The van der Waals surface area contributed by atoms with Crippen molar-refractivity contribution in [2.24, 2.45) is 0 Å². The van der Waals surface area contributed by atoms with Crippen LogP contribution in [0, 0.1) is 0 Å². The Hall–Kier alpha value is -3.42. The first-order chi connectivity index (χ1) is 44.2. The van der Waals surface area contributed by atoms with Crippen molar-refractivity contribution in [3.05, 3.63) is 97.2 Å². The highest BCUT2D eigenvalue weighted by molar-refractivity contribution is 5.80. The molecule has 1 amide bonds. The molecule has 6 N–H and O–H groups in total. The molecule has 0 aromatic heterocycles. The van der Waals surface area contributed by atoms with E-state index in [0.717, 1.165) is 103 Å². The number of rotatable bonds is 64. The summed E-state index contributed by atoms with van der Waals surface area (Å²) in [5.74, 6) is -1.22. The second-order valence-corrected chi connectivity index (χ2v) is 25.6. The van der Waals surface area contributed by atoms with Crippen molar-refractivity contribution in [1.82, 2.24) is 5.32 Å². The zero-order chi connectivity index (χ0) is 65.3. The summed E-state index contributed by atoms with van der Waals surface area (Å²) in [5.41, 5.74) is 0. The Bertz CT molecular complexity index is 1840. The molecule has 0 bridgehead atoms. The number of aliphatic hydroxyl groups excluding tert-OH is 5. The van der Waals surface area contributed by atoms with Crippen LogP contribution in [0.1, 0.15) is 329 Å². The molecular formula is C79H139NO10. The number of carbonyl (C=O) groups excluding carboxylic acids is 2. The number of ether oxygens (including phenoxy) is 3. The molecule has 1 heterocycles. The van der Waals surface area contributed by atoms with E-state index in [9.17, 15) is 35.1 Å². The first-order valence-corrected chi connectivity index (χ1v) is 37.5. The Morgan fingerprint density at radius 1 is 0.444 bits per heavy atom. The molecule has 1 saturated heterocycles. The second-order valence-electron chi connectivity index (χ2n) is 25.6. The van der Waals surface area contributed by atoms with E-state index in [1.54, 1.807) is 6.08 Å². The minimum Gasteiger partial charge on any atom is -0.454 e. The summed E-state index contributed by atoms with van der Waals surface area (Å²) in [6.45, 7) is 5.69. The first kappa shape index (κ1) is 84.6. The number of amides is 1. The smallest absolute Gasteiger partial charge is 0.306 e. The van der Waals surface area contributed by atoms with Gasteiger partial charge in [0.1, 0.15) is 24.4 Å². The van der Waals surface area contributed by atoms with Crippen molar-refractivity contribution < 1.29 is 49.3 Å². The quantitative estimate of drug-likeness (QED) is 0.0195. The van der Waals surface area contributed by atoms with E-state index in [-0.39, 0.29) is 19.4 Å². The molecule has 90 heavy (non-hydrogen) atoms. The van der Waals surface area contributed by atoms with Gasteiger partial charge in [0.05, 0.1) is 25.4 Å². The van der Waals surface area contributed by atoms with Gasteiger partial charge in [0, 0.05) is 6.42 Å². The maximum atomic E-state index is 13.5. The summed E-state index contributed by atoms with van der Waals surface area (Å²) in [6.07, 6.45) is 78.8. The van der Waals surface area contributed by atoms with Gasteiger partial charge in [-0.3, -0.25) is 9.59 Å². The van der Waals surface area contributed by atoms with Crippen molar-refractivity contribution in [3.8, 4) is 0 Å². The Labute approximate surface area is 552 Å². The van der Waals surface area contributed by atoms with Crippen LogP contribution in [-0.2, 0) is 23.8 Å². The lowest BCUT2D eigenvalue weighted by Gasteiger charge is -2.41. The zero-order valence-electron chi connectivity index (χ0n) is 58.0. The SMILES string of the molecule is CC/C=C\C/C=C\C/C=C\C/C=C\C/C=C\C/C=C\CCCCCCC(=O)OC1C(OCC(NC(=O)C(O)CCCCCCCCCCCCCCCCCC/C=C/CCCCCCCC)C(O)/C=C/CCCCCCCCCCCC)OC(CO)C(O)C1O. The van der Waals surface area contributed by atoms with Crippen LogP contribution in [0.4, 0.5) is 0 Å². The first-order valence-electron chi connectivity index (χ1n) is 37.5. The average Bonchev–Trinajstić information content (AvgIpc) is 3.11. The monoisotopic (exact) mass is 1260 g/mol. The van der Waals surface area contributed by atoms with Gasteiger partial charge in [-0.2, -0.15) is 0 Å². The normalized spacial score (nSPS) is 18.6. The fourth-order valence-electron chi connectivity index (χ4n) is 11.4. The van der Waals surface area contributed by atoms with Crippen LogP contribution in [0.25, 0.3) is 0 Å². The van der Waals surface area contributed by atoms with Gasteiger partial charge in [-0.15, -0.1) is 0 Å². The summed E-state index contributed by atoms with van der Waals surface area (Å²) in [7, 11) is 0. The molecule has 1 rings (SSSR count). The highest BCUT2D eigenvalue weighted by atomic mass is 16.7. The lowest BCUT2D eigenvalue weighted by molar-refractivity contribution is -0.305. The van der Waals surface area contributed by atoms with E-state index >= 15 is 0 Å². The van der Waals surface area contributed by atoms with Crippen LogP contribution in [0.15, 0.2) is 97.2 Å². The third-order valence-corrected chi connectivity index (χ3v) is 17.2. The van der Waals surface area contributed by atoms with E-state index in [4.69, 9.17) is 14.2 Å². The molecular weight excluding hydrogens is 1120 g/mol. The van der Waals surface area contributed by atoms with E-state index < -0.39 is 67.4 Å². The minimum absolute atomic E-state index is 0.0904. The molecule has 1 aliphatic rings. The van der Waals surface area contributed by atoms with E-state index in [1.807, 2.05) is 6.08 Å². The largest absolute Gasteiger partial charge is 0.454 e. The number of hydrogen-bond acceptors (Lipinski definition) is 10. The van der Waals surface area contributed by atoms with Gasteiger partial charge in [0.15, 0.2) is 12.4 Å². The van der Waals surface area contributed by atoms with Gasteiger partial charge in [0.25, 0.3) is 0 Å². The van der Waals surface area contributed by atoms with Crippen LogP contribution >= 0.6 is 0 Å². The molecule has 8 unspecified atom stereocenters. The molecule has 0 aliphatic carbocycles. The molecule has 0 radical (unpaired) electrons. The number of allylic oxidation sites excluding steroid dienone is 15. The van der Waals surface area contributed by atoms with Crippen LogP contribution in [0.2, 0.25) is 0 Å². The predicted molar refractivity (Wildman–Crippen MR) is 379 cm³/mol. The van der Waals surface area contributed by atoms with Crippen molar-refractivity contribution in [2.75, 3.05) is 13.2 Å². The average molecular weight is 1260 g/mol. The number of unbranched alkanes of at least 4 members (excludes halogenated alkanes) is 36. The van der Waals surface area contributed by atoms with Crippen molar-refractivity contribution >= 4 is 11.9 Å². The summed E-state index contributed by atoms with van der Waals surface area (Å²) in [6, 6.07) is -1.03. The number of carbonyl (C=O) groups is 2. The van der Waals surface area contributed by atoms with Crippen molar-refractivity contribution in [3.63, 3.8) is 0 Å². The van der Waals surface area contributed by atoms with Crippen LogP contribution in [0.3, 0.4) is 0 Å². The Kier molecular flexibility index (Phi) is 61.7. The van der Waals surface area contributed by atoms with Gasteiger partial charge in [-0.05, 0) is 103 Å². The van der Waals surface area contributed by atoms with Gasteiger partial charge >= 0.3 is 5.97 Å². The van der Waals surface area contributed by atoms with Crippen LogP contribution < -0.4 is 5.32 Å². The molecule has 0 saturated carbocycles. The van der Waals surface area contributed by atoms with Gasteiger partial charge in [-0.1, -0.05) is 317 Å². The second kappa shape index (κ2) is 65.6. The van der Waals surface area contributed by atoms with Gasteiger partial charge < -0.3 is 45.1 Å². The molecule has 8 atom stereocenters. The fourth-order valence-corrected chi connectivity index (χ4v) is 11.4. The summed E-state index contributed by atoms with van der Waals surface area (Å²) in [5, 5.41) is 57.3. The Morgan fingerprint density at radius 2 is 0.800 bits per heavy atom. The molecule has 11 nitrogen and oxygen atoms in total. The lowest BCUT2D eigenvalue weighted by atomic mass is 9.99. The van der Waals surface area contributed by atoms with E-state index in [1.165, 1.54) is 180 Å². The molecule has 520 valence electrons. The number of nitrogens with one attached hydrogen (secondary N) is 1. The summed E-state index contributed by atoms with van der Waals surface area (Å²) in [4.78, 5) is 26.7. The maximum absolute atomic E-state index is 13.5. The predicted octanol–water partition coefficient (Wildman–Crippen LogP) is 19.8. The fraction of sp³-hybridized carbons (Fsp3) is 0.772. The van der Waals surface area contributed by atoms with Crippen LogP contribution in [0.5, 0.6) is 0 Å². The molecule has 0 spiro atoms. The lowest BCUT2D eigenvalue weighted by Crippen LogP contribution is -2.61. The molecule has 0 aromatic rings. The van der Waals surface area contributed by atoms with Gasteiger partial charge in [-0.25, -0.2) is 0 Å². The Balaban J connectivity index is 2.55. The third kappa shape index (κ3) is 52.0. The minimum atomic E-state index is -1.63. The zero-order valence-corrected chi connectivity index (χ0v) is 58.0. The van der Waals surface area contributed by atoms with E-state index in [0.29, 0.717) is 12.8 Å². The van der Waals surface area contributed by atoms with E-state index in [2.05, 4.69) is 111 Å². The highest BCUT2D eigenvalue weighted by Gasteiger charge is 2.47. The maximum Gasteiger partial charge on any atom is 0.306 e. The number of hydrogen-bond donors (Lipinski definition) is 6. The molecule has 1 fully saturated rings. The Morgan fingerprint density at radius 3 is 1.21 bits per heavy atom. The highest BCUT2D eigenvalue weighted by Crippen LogP contribution is 2.26. The summed E-state index contributed by atoms with van der Waals surface area (Å²) < 4.78 is 17.7. The molecule has 0 aromatic carbocycles. The topological polar surface area (TPSA) is 175 Å².